The first-order valence-electron chi connectivity index (χ1n) is 6.58. The van der Waals surface area contributed by atoms with E-state index in [-0.39, 0.29) is 28.6 Å². The maximum absolute atomic E-state index is 12.2. The van der Waals surface area contributed by atoms with Gasteiger partial charge in [0.05, 0.1) is 5.92 Å². The number of carbonyl (C=O) groups is 2. The summed E-state index contributed by atoms with van der Waals surface area (Å²) in [6.07, 6.45) is 0.968. The van der Waals surface area contributed by atoms with E-state index < -0.39 is 5.97 Å². The number of carbonyl (C=O) groups excluding carboxylic acids is 1. The van der Waals surface area contributed by atoms with Gasteiger partial charge < -0.3 is 15.3 Å². The Labute approximate surface area is 107 Å². The molecular formula is C13H20N2O3. The van der Waals surface area contributed by atoms with Crippen molar-refractivity contribution in [1.82, 2.24) is 10.2 Å². The topological polar surface area (TPSA) is 69.6 Å². The predicted octanol–water partition coefficient (Wildman–Crippen LogP) is 0.165. The largest absolute Gasteiger partial charge is 0.481 e. The molecule has 2 saturated heterocycles. The van der Waals surface area contributed by atoms with E-state index in [1.807, 2.05) is 4.90 Å². The Morgan fingerprint density at radius 2 is 1.89 bits per heavy atom. The monoisotopic (exact) mass is 252 g/mol. The second-order valence-corrected chi connectivity index (χ2v) is 6.82. The highest BCUT2D eigenvalue weighted by molar-refractivity contribution is 5.84. The van der Waals surface area contributed by atoms with Crippen molar-refractivity contribution < 1.29 is 14.7 Å². The number of hydrogen-bond acceptors (Lipinski definition) is 3. The van der Waals surface area contributed by atoms with Crippen LogP contribution in [0, 0.1) is 22.7 Å². The second-order valence-electron chi connectivity index (χ2n) is 6.82. The molecule has 5 heteroatoms. The average molecular weight is 252 g/mol. The van der Waals surface area contributed by atoms with Crippen molar-refractivity contribution in [1.29, 1.82) is 0 Å². The fourth-order valence-corrected chi connectivity index (χ4v) is 3.47. The molecule has 3 rings (SSSR count). The van der Waals surface area contributed by atoms with E-state index in [2.05, 4.69) is 19.2 Å². The molecule has 2 atom stereocenters. The number of hydrogen-bond donors (Lipinski definition) is 2. The van der Waals surface area contributed by atoms with Gasteiger partial charge in [0.1, 0.15) is 0 Å². The minimum atomic E-state index is -0.737. The Kier molecular flexibility index (Phi) is 2.31. The Balaban J connectivity index is 1.63. The third-order valence-corrected chi connectivity index (χ3v) is 5.00. The summed E-state index contributed by atoms with van der Waals surface area (Å²) in [5.41, 5.74) is -0.0551. The SMILES string of the molecule is CC1(C)C[C@@H]1C(=O)N1CC2(CNCC2C(=O)O)C1. The molecule has 1 spiro atoms. The molecule has 0 aromatic rings. The van der Waals surface area contributed by atoms with Gasteiger partial charge in [-0.1, -0.05) is 13.8 Å². The number of nitrogens with one attached hydrogen (secondary N) is 1. The Morgan fingerprint density at radius 3 is 2.39 bits per heavy atom. The van der Waals surface area contributed by atoms with E-state index in [9.17, 15) is 14.7 Å². The lowest BCUT2D eigenvalue weighted by atomic mass is 9.71. The highest BCUT2D eigenvalue weighted by Gasteiger charge is 2.59. The lowest BCUT2D eigenvalue weighted by Gasteiger charge is -2.50. The van der Waals surface area contributed by atoms with Crippen molar-refractivity contribution in [3.8, 4) is 0 Å². The van der Waals surface area contributed by atoms with Crippen LogP contribution in [0.5, 0.6) is 0 Å². The molecule has 3 aliphatic rings. The average Bonchev–Trinajstić information content (AvgIpc) is 2.72. The normalized spacial score (nSPS) is 35.3. The van der Waals surface area contributed by atoms with Crippen LogP contribution in [-0.2, 0) is 9.59 Å². The predicted molar refractivity (Wildman–Crippen MR) is 64.9 cm³/mol. The molecule has 2 aliphatic heterocycles. The zero-order valence-electron chi connectivity index (χ0n) is 10.9. The van der Waals surface area contributed by atoms with E-state index in [1.54, 1.807) is 0 Å². The van der Waals surface area contributed by atoms with Crippen LogP contribution in [0.15, 0.2) is 0 Å². The fraction of sp³-hybridized carbons (Fsp3) is 0.846. The molecule has 18 heavy (non-hydrogen) atoms. The van der Waals surface area contributed by atoms with Crippen molar-refractivity contribution >= 4 is 11.9 Å². The van der Waals surface area contributed by atoms with E-state index in [4.69, 9.17) is 0 Å². The zero-order chi connectivity index (χ0) is 13.1. The van der Waals surface area contributed by atoms with E-state index in [0.717, 1.165) is 13.0 Å². The molecule has 1 aliphatic carbocycles. The van der Waals surface area contributed by atoms with Gasteiger partial charge in [0, 0.05) is 37.5 Å². The van der Waals surface area contributed by atoms with Crippen LogP contribution in [0.2, 0.25) is 0 Å². The van der Waals surface area contributed by atoms with Crippen molar-refractivity contribution in [2.75, 3.05) is 26.2 Å². The van der Waals surface area contributed by atoms with Gasteiger partial charge in [-0.15, -0.1) is 0 Å². The van der Waals surface area contributed by atoms with Gasteiger partial charge >= 0.3 is 5.97 Å². The lowest BCUT2D eigenvalue weighted by Crippen LogP contribution is -2.63. The van der Waals surface area contributed by atoms with Crippen LogP contribution in [0.1, 0.15) is 20.3 Å². The Hall–Kier alpha value is -1.10. The molecule has 1 amide bonds. The highest BCUT2D eigenvalue weighted by atomic mass is 16.4. The highest BCUT2D eigenvalue weighted by Crippen LogP contribution is 2.54. The summed E-state index contributed by atoms with van der Waals surface area (Å²) in [6.45, 7) is 6.71. The third-order valence-electron chi connectivity index (χ3n) is 5.00. The fourth-order valence-electron chi connectivity index (χ4n) is 3.47. The zero-order valence-corrected chi connectivity index (χ0v) is 10.9. The van der Waals surface area contributed by atoms with E-state index in [1.165, 1.54) is 0 Å². The molecule has 0 aromatic carbocycles. The summed E-state index contributed by atoms with van der Waals surface area (Å²) in [5, 5.41) is 12.3. The summed E-state index contributed by atoms with van der Waals surface area (Å²) in [6, 6.07) is 0. The van der Waals surface area contributed by atoms with Crippen LogP contribution in [0.3, 0.4) is 0 Å². The molecule has 0 radical (unpaired) electrons. The first-order valence-corrected chi connectivity index (χ1v) is 6.58. The number of aliphatic carboxylic acids is 1. The van der Waals surface area contributed by atoms with Gasteiger partial charge in [-0.2, -0.15) is 0 Å². The summed E-state index contributed by atoms with van der Waals surface area (Å²) in [5.74, 6) is -0.693. The molecule has 1 unspecified atom stereocenters. The maximum atomic E-state index is 12.2. The van der Waals surface area contributed by atoms with Crippen LogP contribution in [0.25, 0.3) is 0 Å². The van der Waals surface area contributed by atoms with Crippen molar-refractivity contribution in [3.05, 3.63) is 0 Å². The second kappa shape index (κ2) is 3.47. The molecule has 100 valence electrons. The minimum Gasteiger partial charge on any atom is -0.481 e. The Morgan fingerprint density at radius 1 is 1.28 bits per heavy atom. The van der Waals surface area contributed by atoms with Crippen molar-refractivity contribution in [2.45, 2.75) is 20.3 Å². The summed E-state index contributed by atoms with van der Waals surface area (Å²) < 4.78 is 0. The van der Waals surface area contributed by atoms with Crippen LogP contribution >= 0.6 is 0 Å². The minimum absolute atomic E-state index is 0.153. The smallest absolute Gasteiger partial charge is 0.308 e. The van der Waals surface area contributed by atoms with E-state index >= 15 is 0 Å². The molecule has 2 heterocycles. The lowest BCUT2D eigenvalue weighted by molar-refractivity contribution is -0.158. The molecule has 0 bridgehead atoms. The van der Waals surface area contributed by atoms with Gasteiger partial charge in [0.2, 0.25) is 5.91 Å². The number of nitrogens with zero attached hydrogens (tertiary/aromatic N) is 1. The summed E-state index contributed by atoms with van der Waals surface area (Å²) in [7, 11) is 0. The molecule has 0 aromatic heterocycles. The first-order chi connectivity index (χ1) is 8.36. The number of likely N-dealkylation sites (tertiary alicyclic amines) is 1. The van der Waals surface area contributed by atoms with E-state index in [0.29, 0.717) is 19.6 Å². The van der Waals surface area contributed by atoms with Crippen molar-refractivity contribution in [2.24, 2.45) is 22.7 Å². The molecular weight excluding hydrogens is 232 g/mol. The molecule has 1 saturated carbocycles. The van der Waals surface area contributed by atoms with Gasteiger partial charge in [0.25, 0.3) is 0 Å². The number of carboxylic acids is 1. The first kappa shape index (κ1) is 12.0. The molecule has 5 nitrogen and oxygen atoms in total. The van der Waals surface area contributed by atoms with Gasteiger partial charge in [-0.3, -0.25) is 9.59 Å². The molecule has 3 fully saturated rings. The maximum Gasteiger partial charge on any atom is 0.308 e. The van der Waals surface area contributed by atoms with Gasteiger partial charge in [-0.25, -0.2) is 0 Å². The van der Waals surface area contributed by atoms with Crippen LogP contribution in [-0.4, -0.2) is 48.1 Å². The third kappa shape index (κ3) is 1.56. The number of carboxylic acid groups (broad SMARTS) is 1. The van der Waals surface area contributed by atoms with Gasteiger partial charge in [-0.05, 0) is 11.8 Å². The number of rotatable bonds is 2. The number of amides is 1. The Bertz CT molecular complexity index is 412. The van der Waals surface area contributed by atoms with Crippen LogP contribution < -0.4 is 5.32 Å². The summed E-state index contributed by atoms with van der Waals surface area (Å²) in [4.78, 5) is 25.2. The van der Waals surface area contributed by atoms with Gasteiger partial charge in [0.15, 0.2) is 0 Å². The van der Waals surface area contributed by atoms with Crippen molar-refractivity contribution in [3.63, 3.8) is 0 Å². The quantitative estimate of drug-likeness (QED) is 0.735. The van der Waals surface area contributed by atoms with Crippen LogP contribution in [0.4, 0.5) is 0 Å². The summed E-state index contributed by atoms with van der Waals surface area (Å²) >= 11 is 0. The standard InChI is InChI=1S/C13H20N2O3/c1-12(2)3-8(12)10(16)15-6-13(7-15)5-14-4-9(13)11(17)18/h8-9,14H,3-7H2,1-2H3,(H,17,18)/t8-,9?/m1/s1. The molecule has 2 N–H and O–H groups in total.